The molecule has 0 aliphatic heterocycles. The number of halogens is 3. The maximum Gasteiger partial charge on any atom is 0.268 e. The Labute approximate surface area is 170 Å². The van der Waals surface area contributed by atoms with Crippen molar-refractivity contribution in [2.45, 2.75) is 44.3 Å². The predicted octanol–water partition coefficient (Wildman–Crippen LogP) is 4.57. The van der Waals surface area contributed by atoms with Crippen molar-refractivity contribution in [1.82, 2.24) is 4.57 Å². The van der Waals surface area contributed by atoms with E-state index < -0.39 is 29.8 Å². The summed E-state index contributed by atoms with van der Waals surface area (Å²) in [5.41, 5.74) is -2.75. The van der Waals surface area contributed by atoms with Crippen LogP contribution in [0.1, 0.15) is 25.8 Å². The van der Waals surface area contributed by atoms with E-state index in [0.717, 1.165) is 0 Å². The zero-order valence-corrected chi connectivity index (χ0v) is 17.1. The molecule has 1 N–H and O–H groups in total. The molecule has 1 unspecified atom stereocenters. The molecule has 3 rings (SSSR count). The Morgan fingerprint density at radius 2 is 1.97 bits per heavy atom. The van der Waals surface area contributed by atoms with Crippen molar-refractivity contribution in [3.8, 4) is 5.75 Å². The quantitative estimate of drug-likeness (QED) is 0.603. The van der Waals surface area contributed by atoms with Gasteiger partial charge in [0.2, 0.25) is 0 Å². The van der Waals surface area contributed by atoms with Gasteiger partial charge in [0, 0.05) is 17.8 Å². The number of aromatic nitrogens is 1. The second kappa shape index (κ2) is 7.84. The van der Waals surface area contributed by atoms with Gasteiger partial charge in [0.1, 0.15) is 17.2 Å². The van der Waals surface area contributed by atoms with Crippen molar-refractivity contribution in [2.75, 3.05) is 7.11 Å². The molecule has 4 nitrogen and oxygen atoms in total. The number of methoxy groups -OCH3 is 1. The fourth-order valence-electron chi connectivity index (χ4n) is 3.73. The van der Waals surface area contributed by atoms with Crippen LogP contribution in [0.4, 0.5) is 13.2 Å². The Hall–Kier alpha value is -2.32. The van der Waals surface area contributed by atoms with Crippen LogP contribution in [0.2, 0.25) is 0 Å². The molecule has 0 aliphatic rings. The number of aliphatic hydroxyl groups is 1. The van der Waals surface area contributed by atoms with Gasteiger partial charge in [-0.3, -0.25) is 4.79 Å². The predicted molar refractivity (Wildman–Crippen MR) is 108 cm³/mol. The minimum absolute atomic E-state index is 0.198. The topological polar surface area (TPSA) is 51.5 Å². The number of alkyl halides is 2. The molecule has 8 heteroatoms. The number of benzene rings is 1. The third-order valence-electron chi connectivity index (χ3n) is 5.07. The number of pyridine rings is 1. The Morgan fingerprint density at radius 1 is 1.24 bits per heavy atom. The highest BCUT2D eigenvalue weighted by Gasteiger charge is 2.44. The molecule has 3 aromatic rings. The molecule has 156 valence electrons. The van der Waals surface area contributed by atoms with E-state index in [1.54, 1.807) is 25.3 Å². The van der Waals surface area contributed by atoms with Crippen LogP contribution in [0.25, 0.3) is 10.2 Å². The molecule has 0 radical (unpaired) electrons. The summed E-state index contributed by atoms with van der Waals surface area (Å²) < 4.78 is 49.1. The molecule has 0 aliphatic carbocycles. The first-order valence-electron chi connectivity index (χ1n) is 8.98. The van der Waals surface area contributed by atoms with E-state index in [0.29, 0.717) is 21.5 Å². The Kier molecular flexibility index (Phi) is 5.78. The third-order valence-corrected chi connectivity index (χ3v) is 5.99. The number of ether oxygens (including phenoxy) is 1. The van der Waals surface area contributed by atoms with E-state index in [9.17, 15) is 23.1 Å². The molecule has 0 spiro atoms. The lowest BCUT2D eigenvalue weighted by atomic mass is 9.74. The average Bonchev–Trinajstić information content (AvgIpc) is 3.14. The molecular formula is C21H22F3NO3S. The number of nitrogens with zero attached hydrogens (tertiary/aromatic N) is 1. The first-order chi connectivity index (χ1) is 13.6. The van der Waals surface area contributed by atoms with Crippen molar-refractivity contribution in [3.63, 3.8) is 0 Å². The standard InChI is InChI=1S/C21H22F3NO3S/c1-20(2,14-10-13(22)4-5-17(14)28-3)11-21(27,19(23)24)12-25-8-6-16(26)18-15(25)7-9-29-18/h4-10,19,27H,11-12H2,1-3H3. The molecular weight excluding hydrogens is 403 g/mol. The van der Waals surface area contributed by atoms with Crippen LogP contribution in [-0.2, 0) is 12.0 Å². The molecule has 29 heavy (non-hydrogen) atoms. The molecule has 0 saturated carbocycles. The van der Waals surface area contributed by atoms with Crippen LogP contribution in [0.5, 0.6) is 5.75 Å². The van der Waals surface area contributed by atoms with E-state index in [1.807, 2.05) is 0 Å². The Bertz CT molecular complexity index is 1080. The van der Waals surface area contributed by atoms with Crippen molar-refractivity contribution in [2.24, 2.45) is 0 Å². The van der Waals surface area contributed by atoms with E-state index in [1.165, 1.54) is 53.5 Å². The van der Waals surface area contributed by atoms with E-state index in [-0.39, 0.29) is 11.8 Å². The van der Waals surface area contributed by atoms with Crippen LogP contribution in [0, 0.1) is 5.82 Å². The monoisotopic (exact) mass is 425 g/mol. The van der Waals surface area contributed by atoms with Gasteiger partial charge >= 0.3 is 0 Å². The molecule has 0 fully saturated rings. The zero-order chi connectivity index (χ0) is 21.4. The minimum Gasteiger partial charge on any atom is -0.496 e. The average molecular weight is 425 g/mol. The van der Waals surface area contributed by atoms with Crippen LogP contribution in [0.15, 0.2) is 46.7 Å². The maximum atomic E-state index is 14.1. The summed E-state index contributed by atoms with van der Waals surface area (Å²) in [6.45, 7) is 2.89. The molecule has 0 bridgehead atoms. The van der Waals surface area contributed by atoms with Gasteiger partial charge in [0.05, 0.1) is 23.9 Å². The summed E-state index contributed by atoms with van der Waals surface area (Å²) in [6, 6.07) is 6.86. The third kappa shape index (κ3) is 4.18. The first kappa shape index (κ1) is 21.4. The summed E-state index contributed by atoms with van der Waals surface area (Å²) in [5.74, 6) is -0.161. The molecule has 0 amide bonds. The molecule has 0 saturated heterocycles. The van der Waals surface area contributed by atoms with E-state index in [2.05, 4.69) is 0 Å². The lowest BCUT2D eigenvalue weighted by molar-refractivity contribution is -0.120. The molecule has 2 heterocycles. The van der Waals surface area contributed by atoms with E-state index >= 15 is 0 Å². The SMILES string of the molecule is COc1ccc(F)cc1C(C)(C)CC(O)(Cn1ccc(=O)c2sccc21)C(F)F. The second-order valence-electron chi connectivity index (χ2n) is 7.75. The van der Waals surface area contributed by atoms with Crippen LogP contribution in [0.3, 0.4) is 0 Å². The normalized spacial score (nSPS) is 14.3. The highest BCUT2D eigenvalue weighted by atomic mass is 32.1. The lowest BCUT2D eigenvalue weighted by Gasteiger charge is -2.37. The second-order valence-corrected chi connectivity index (χ2v) is 8.67. The van der Waals surface area contributed by atoms with Crippen molar-refractivity contribution in [1.29, 1.82) is 0 Å². The maximum absolute atomic E-state index is 14.1. The number of rotatable bonds is 7. The number of fused-ring (bicyclic) bond motifs is 1. The summed E-state index contributed by atoms with van der Waals surface area (Å²) in [5, 5.41) is 12.7. The fourth-order valence-corrected chi connectivity index (χ4v) is 4.55. The van der Waals surface area contributed by atoms with Gasteiger partial charge in [0.15, 0.2) is 5.43 Å². The molecule has 1 aromatic carbocycles. The van der Waals surface area contributed by atoms with Gasteiger partial charge in [-0.2, -0.15) is 0 Å². The van der Waals surface area contributed by atoms with Gasteiger partial charge in [-0.15, -0.1) is 11.3 Å². The van der Waals surface area contributed by atoms with Crippen molar-refractivity contribution < 1.29 is 23.0 Å². The first-order valence-corrected chi connectivity index (χ1v) is 9.86. The van der Waals surface area contributed by atoms with Crippen LogP contribution < -0.4 is 10.2 Å². The smallest absolute Gasteiger partial charge is 0.268 e. The summed E-state index contributed by atoms with van der Waals surface area (Å²) >= 11 is 1.22. The lowest BCUT2D eigenvalue weighted by Crippen LogP contribution is -2.46. The summed E-state index contributed by atoms with van der Waals surface area (Å²) in [4.78, 5) is 11.9. The Balaban J connectivity index is 2.00. The van der Waals surface area contributed by atoms with Crippen LogP contribution >= 0.6 is 11.3 Å². The Morgan fingerprint density at radius 3 is 2.62 bits per heavy atom. The van der Waals surface area contributed by atoms with Gasteiger partial charge in [-0.05, 0) is 41.5 Å². The summed E-state index contributed by atoms with van der Waals surface area (Å²) in [7, 11) is 1.42. The van der Waals surface area contributed by atoms with Gasteiger partial charge in [0.25, 0.3) is 6.43 Å². The van der Waals surface area contributed by atoms with Crippen molar-refractivity contribution in [3.05, 3.63) is 63.5 Å². The summed E-state index contributed by atoms with van der Waals surface area (Å²) in [6.07, 6.45) is -2.01. The number of thiophene rings is 1. The number of hydrogen-bond acceptors (Lipinski definition) is 4. The van der Waals surface area contributed by atoms with Crippen molar-refractivity contribution >= 4 is 21.6 Å². The highest BCUT2D eigenvalue weighted by Crippen LogP contribution is 2.40. The highest BCUT2D eigenvalue weighted by molar-refractivity contribution is 7.17. The van der Waals surface area contributed by atoms with Gasteiger partial charge < -0.3 is 14.4 Å². The van der Waals surface area contributed by atoms with Gasteiger partial charge in [-0.1, -0.05) is 13.8 Å². The molecule has 1 atom stereocenters. The van der Waals surface area contributed by atoms with E-state index in [4.69, 9.17) is 4.74 Å². The van der Waals surface area contributed by atoms with Gasteiger partial charge in [-0.25, -0.2) is 13.2 Å². The largest absolute Gasteiger partial charge is 0.496 e. The van der Waals surface area contributed by atoms with Crippen LogP contribution in [-0.4, -0.2) is 28.8 Å². The minimum atomic E-state index is -3.06. The fraction of sp³-hybridized carbons (Fsp3) is 0.381. The molecule has 2 aromatic heterocycles. The zero-order valence-electron chi connectivity index (χ0n) is 16.3. The number of hydrogen-bond donors (Lipinski definition) is 1.